The number of nitrogens with one attached hydrogen (secondary N) is 2. The van der Waals surface area contributed by atoms with Crippen LogP contribution in [0.1, 0.15) is 24.8 Å². The number of fused-ring (bicyclic) bond motifs is 1. The van der Waals surface area contributed by atoms with Crippen LogP contribution in [0.25, 0.3) is 10.8 Å². The van der Waals surface area contributed by atoms with E-state index < -0.39 is 59.0 Å². The fraction of sp³-hybridized carbons (Fsp3) is 0.458. The number of likely N-dealkylation sites (tertiary alicyclic amines) is 1. The fourth-order valence-electron chi connectivity index (χ4n) is 4.46. The molecule has 1 aliphatic rings. The summed E-state index contributed by atoms with van der Waals surface area (Å²) < 4.78 is 37.2. The largest absolute Gasteiger partial charge is 0.368 e. The first-order valence-corrected chi connectivity index (χ1v) is 17.1. The molecule has 39 heavy (non-hydrogen) atoms. The number of hydrogen-bond acceptors (Lipinski definition) is 7. The second-order valence-electron chi connectivity index (χ2n) is 9.50. The van der Waals surface area contributed by atoms with Crippen LogP contribution in [0.5, 0.6) is 0 Å². The smallest absolute Gasteiger partial charge is 0.335 e. The minimum Gasteiger partial charge on any atom is -0.368 e. The minimum atomic E-state index is -4.38. The van der Waals surface area contributed by atoms with Crippen molar-refractivity contribution in [2.24, 2.45) is 5.73 Å². The maximum Gasteiger partial charge on any atom is 0.335 e. The summed E-state index contributed by atoms with van der Waals surface area (Å²) in [6.07, 6.45) is 2.51. The summed E-state index contributed by atoms with van der Waals surface area (Å²) in [5.41, 5.74) is 5.79. The molecular weight excluding hydrogens is 567 g/mol. The first-order valence-electron chi connectivity index (χ1n) is 12.2. The van der Waals surface area contributed by atoms with Crippen LogP contribution < -0.4 is 15.8 Å². The number of hydrogen-bond donors (Lipinski definition) is 5. The Hall–Kier alpha value is -2.48. The van der Waals surface area contributed by atoms with Crippen LogP contribution in [-0.2, 0) is 35.4 Å². The van der Waals surface area contributed by atoms with Crippen molar-refractivity contribution >= 4 is 57.9 Å². The Kier molecular flexibility index (Phi) is 10.5. The second kappa shape index (κ2) is 13.2. The van der Waals surface area contributed by atoms with E-state index in [1.54, 1.807) is 0 Å². The molecule has 2 aromatic carbocycles. The molecule has 0 aromatic heterocycles. The summed E-state index contributed by atoms with van der Waals surface area (Å²) in [6.45, 7) is 0.175. The van der Waals surface area contributed by atoms with E-state index in [-0.39, 0.29) is 18.7 Å². The molecular formula is C24H33N4O8PS2. The average Bonchev–Trinajstić information content (AvgIpc) is 2.85. The quantitative estimate of drug-likeness (QED) is 0.216. The lowest BCUT2D eigenvalue weighted by Gasteiger charge is -2.37. The number of nitrogens with zero attached hydrogens (tertiary/aromatic N) is 1. The molecule has 12 nitrogen and oxygen atoms in total. The third-order valence-electron chi connectivity index (χ3n) is 6.20. The number of amides is 3. The number of primary amides is 1. The number of carbonyl (C=O) groups is 3. The highest BCUT2D eigenvalue weighted by Crippen LogP contribution is 2.38. The average molecular weight is 601 g/mol. The Morgan fingerprint density at radius 1 is 1.13 bits per heavy atom. The third-order valence-corrected chi connectivity index (χ3v) is 9.56. The van der Waals surface area contributed by atoms with Gasteiger partial charge in [-0.05, 0) is 35.6 Å². The molecule has 1 heterocycles. The summed E-state index contributed by atoms with van der Waals surface area (Å²) in [7, 11) is -8.24. The molecule has 1 aliphatic heterocycles. The van der Waals surface area contributed by atoms with Crippen molar-refractivity contribution in [1.29, 1.82) is 0 Å². The summed E-state index contributed by atoms with van der Waals surface area (Å²) in [5.74, 6) is -2.26. The van der Waals surface area contributed by atoms with Gasteiger partial charge in [0.2, 0.25) is 27.7 Å². The van der Waals surface area contributed by atoms with E-state index >= 15 is 0 Å². The normalized spacial score (nSPS) is 17.9. The molecule has 0 unspecified atom stereocenters. The van der Waals surface area contributed by atoms with E-state index in [2.05, 4.69) is 10.0 Å². The van der Waals surface area contributed by atoms with Gasteiger partial charge in [0.25, 0.3) is 0 Å². The number of carbonyl (C=O) groups excluding carboxylic acids is 3. The molecule has 3 amide bonds. The molecule has 0 saturated carbocycles. The first kappa shape index (κ1) is 31.1. The van der Waals surface area contributed by atoms with E-state index in [0.717, 1.165) is 34.4 Å². The van der Waals surface area contributed by atoms with Gasteiger partial charge in [0.05, 0.1) is 11.7 Å². The third kappa shape index (κ3) is 9.59. The van der Waals surface area contributed by atoms with Crippen LogP contribution >= 0.6 is 19.4 Å². The van der Waals surface area contributed by atoms with Gasteiger partial charge in [-0.15, -0.1) is 11.8 Å². The van der Waals surface area contributed by atoms with E-state index in [1.165, 1.54) is 4.90 Å². The summed E-state index contributed by atoms with van der Waals surface area (Å²) >= 11 is 0.728. The zero-order chi connectivity index (χ0) is 28.8. The Balaban J connectivity index is 1.75. The minimum absolute atomic E-state index is 0.143. The van der Waals surface area contributed by atoms with Gasteiger partial charge >= 0.3 is 7.60 Å². The Morgan fingerprint density at radius 3 is 2.46 bits per heavy atom. The van der Waals surface area contributed by atoms with Gasteiger partial charge in [-0.1, -0.05) is 42.5 Å². The molecule has 1 fully saturated rings. The van der Waals surface area contributed by atoms with Gasteiger partial charge in [-0.25, -0.2) is 13.1 Å². The standard InChI is InChI=1S/C24H33N4O8PS2/c1-39(35,36)27-20(14-38-15-37(32,33)34)24(31)28-11-5-4-8-21(28)23(30)26-19(22(25)29)13-16-9-10-17-6-2-3-7-18(17)12-16/h2-3,6-7,9-10,12,19-21,27H,4-5,8,11,13-15H2,1H3,(H2,25,29)(H,26,30)(H2,32,33,34)/t19-,20-,21-/m0/s1. The maximum absolute atomic E-state index is 13.4. The molecule has 3 rings (SSSR count). The topological polar surface area (TPSA) is 196 Å². The van der Waals surface area contributed by atoms with Crippen molar-refractivity contribution in [3.05, 3.63) is 48.0 Å². The van der Waals surface area contributed by atoms with Crippen molar-refractivity contribution in [2.45, 2.75) is 43.8 Å². The van der Waals surface area contributed by atoms with Crippen molar-refractivity contribution in [1.82, 2.24) is 14.9 Å². The molecule has 214 valence electrons. The molecule has 3 atom stereocenters. The molecule has 0 bridgehead atoms. The predicted octanol–water partition coefficient (Wildman–Crippen LogP) is 0.520. The molecule has 15 heteroatoms. The summed E-state index contributed by atoms with van der Waals surface area (Å²) in [5, 5.41) is 4.65. The van der Waals surface area contributed by atoms with Crippen LogP contribution in [-0.4, -0.2) is 83.0 Å². The van der Waals surface area contributed by atoms with Crippen LogP contribution in [0, 0.1) is 0 Å². The van der Waals surface area contributed by atoms with Gasteiger partial charge in [-0.2, -0.15) is 0 Å². The van der Waals surface area contributed by atoms with Gasteiger partial charge < -0.3 is 25.7 Å². The Morgan fingerprint density at radius 2 is 1.82 bits per heavy atom. The van der Waals surface area contributed by atoms with Crippen molar-refractivity contribution in [2.75, 3.05) is 24.0 Å². The second-order valence-corrected chi connectivity index (χ2v) is 14.4. The van der Waals surface area contributed by atoms with Gasteiger partial charge in [0, 0.05) is 18.7 Å². The number of benzene rings is 2. The lowest BCUT2D eigenvalue weighted by atomic mass is 9.98. The number of rotatable bonds is 12. The molecule has 6 N–H and O–H groups in total. The lowest BCUT2D eigenvalue weighted by Crippen LogP contribution is -2.60. The molecule has 2 aromatic rings. The van der Waals surface area contributed by atoms with E-state index in [0.29, 0.717) is 19.3 Å². The number of piperidine rings is 1. The van der Waals surface area contributed by atoms with Crippen LogP contribution in [0.3, 0.4) is 0 Å². The first-order chi connectivity index (χ1) is 18.2. The van der Waals surface area contributed by atoms with Gasteiger partial charge in [0.15, 0.2) is 0 Å². The van der Waals surface area contributed by atoms with Crippen LogP contribution in [0.2, 0.25) is 0 Å². The molecule has 0 spiro atoms. The number of sulfonamides is 1. The SMILES string of the molecule is CS(=O)(=O)N[C@@H](CSCP(=O)(O)O)C(=O)N1CCCC[C@H]1C(=O)N[C@@H](Cc1ccc2ccccc2c1)C(N)=O. The Bertz CT molecular complexity index is 1370. The highest BCUT2D eigenvalue weighted by molar-refractivity contribution is 8.04. The predicted molar refractivity (Wildman–Crippen MR) is 149 cm³/mol. The number of nitrogens with two attached hydrogens (primary N) is 1. The van der Waals surface area contributed by atoms with Crippen LogP contribution in [0.4, 0.5) is 0 Å². The van der Waals surface area contributed by atoms with Gasteiger partial charge in [-0.3, -0.25) is 18.9 Å². The monoisotopic (exact) mass is 600 g/mol. The zero-order valence-electron chi connectivity index (χ0n) is 21.4. The molecule has 1 saturated heterocycles. The zero-order valence-corrected chi connectivity index (χ0v) is 23.9. The summed E-state index contributed by atoms with van der Waals surface area (Å²) in [6, 6.07) is 10.0. The Labute approximate surface area is 231 Å². The van der Waals surface area contributed by atoms with Crippen molar-refractivity contribution in [3.63, 3.8) is 0 Å². The van der Waals surface area contributed by atoms with E-state index in [9.17, 15) is 27.4 Å². The van der Waals surface area contributed by atoms with Gasteiger partial charge in [0.1, 0.15) is 18.1 Å². The fourth-order valence-corrected chi connectivity index (χ4v) is 7.10. The summed E-state index contributed by atoms with van der Waals surface area (Å²) in [4.78, 5) is 58.5. The van der Waals surface area contributed by atoms with E-state index in [4.69, 9.17) is 15.5 Å². The molecule has 0 aliphatic carbocycles. The van der Waals surface area contributed by atoms with E-state index in [1.807, 2.05) is 42.5 Å². The molecule has 0 radical (unpaired) electrons. The highest BCUT2D eigenvalue weighted by Gasteiger charge is 2.37. The van der Waals surface area contributed by atoms with Crippen molar-refractivity contribution < 1.29 is 37.2 Å². The maximum atomic E-state index is 13.4. The highest BCUT2D eigenvalue weighted by atomic mass is 32.2. The lowest BCUT2D eigenvalue weighted by molar-refractivity contribution is -0.143. The van der Waals surface area contributed by atoms with Crippen molar-refractivity contribution in [3.8, 4) is 0 Å². The van der Waals surface area contributed by atoms with Crippen LogP contribution in [0.15, 0.2) is 42.5 Å². The number of thioether (sulfide) groups is 1.